The minimum absolute atomic E-state index is 0.298. The highest BCUT2D eigenvalue weighted by molar-refractivity contribution is 7.93. The third kappa shape index (κ3) is 5.89. The molecule has 39 heavy (non-hydrogen) atoms. The van der Waals surface area contributed by atoms with Crippen molar-refractivity contribution < 1.29 is 22.6 Å². The van der Waals surface area contributed by atoms with E-state index in [2.05, 4.69) is 19.7 Å². The number of hydrogen-bond acceptors (Lipinski definition) is 8. The molecule has 0 fully saturated rings. The van der Waals surface area contributed by atoms with Gasteiger partial charge in [0.2, 0.25) is 10.0 Å². The number of rotatable bonds is 11. The number of nitrogens with zero attached hydrogens (tertiary/aromatic N) is 4. The Kier molecular flexibility index (Phi) is 8.51. The lowest BCUT2D eigenvalue weighted by Crippen LogP contribution is -2.33. The average molecular weight is 552 g/mol. The van der Waals surface area contributed by atoms with Crippen LogP contribution in [0.3, 0.4) is 0 Å². The number of aryl methyl sites for hydroxylation is 2. The zero-order chi connectivity index (χ0) is 28.2. The van der Waals surface area contributed by atoms with Crippen molar-refractivity contribution in [3.05, 3.63) is 78.1 Å². The Labute approximate surface area is 229 Å². The van der Waals surface area contributed by atoms with E-state index in [-0.39, 0.29) is 0 Å². The molecule has 0 amide bonds. The van der Waals surface area contributed by atoms with Gasteiger partial charge in [-0.3, -0.25) is 24.2 Å². The number of para-hydroxylation sites is 1. The van der Waals surface area contributed by atoms with Crippen LogP contribution in [-0.4, -0.2) is 54.0 Å². The molecule has 2 atom stereocenters. The molecule has 1 aromatic carbocycles. The van der Waals surface area contributed by atoms with E-state index in [4.69, 9.17) is 14.2 Å². The first-order valence-corrected chi connectivity index (χ1v) is 14.0. The minimum Gasteiger partial charge on any atom is -0.494 e. The summed E-state index contributed by atoms with van der Waals surface area (Å²) in [5, 5.41) is -0.999. The van der Waals surface area contributed by atoms with Gasteiger partial charge in [-0.1, -0.05) is 6.07 Å². The Hall–Kier alpha value is -3.96. The molecule has 0 radical (unpaired) electrons. The third-order valence-corrected chi connectivity index (χ3v) is 8.00. The van der Waals surface area contributed by atoms with Crippen LogP contribution in [0.1, 0.15) is 36.9 Å². The van der Waals surface area contributed by atoms with Crippen molar-refractivity contribution in [2.75, 3.05) is 25.5 Å². The highest BCUT2D eigenvalue weighted by Crippen LogP contribution is 2.40. The van der Waals surface area contributed by atoms with Gasteiger partial charge in [0.15, 0.2) is 0 Å². The minimum atomic E-state index is -4.00. The molecule has 11 heteroatoms. The van der Waals surface area contributed by atoms with Crippen LogP contribution in [0.5, 0.6) is 11.5 Å². The van der Waals surface area contributed by atoms with Crippen molar-refractivity contribution in [2.24, 2.45) is 0 Å². The fourth-order valence-electron chi connectivity index (χ4n) is 4.32. The summed E-state index contributed by atoms with van der Waals surface area (Å²) in [5.74, 6) is 1.30. The number of aromatic nitrogens is 4. The summed E-state index contributed by atoms with van der Waals surface area (Å²) in [4.78, 5) is 13.0. The first kappa shape index (κ1) is 28.1. The molecule has 3 heterocycles. The summed E-state index contributed by atoms with van der Waals surface area (Å²) in [6.45, 7) is 7.46. The molecule has 1 N–H and O–H groups in total. The summed E-state index contributed by atoms with van der Waals surface area (Å²) in [7, 11) is -0.896. The second kappa shape index (κ2) is 11.8. The molecule has 0 aliphatic rings. The molecular formula is C28H33N5O5S. The van der Waals surface area contributed by atoms with E-state index in [1.807, 2.05) is 32.9 Å². The maximum absolute atomic E-state index is 13.8. The number of nitrogens with one attached hydrogen (secondary N) is 1. The predicted molar refractivity (Wildman–Crippen MR) is 150 cm³/mol. The normalized spacial score (nSPS) is 13.1. The maximum atomic E-state index is 13.8. The fourth-order valence-corrected chi connectivity index (χ4v) is 5.50. The number of anilines is 1. The van der Waals surface area contributed by atoms with E-state index in [0.29, 0.717) is 41.0 Å². The average Bonchev–Trinajstić information content (AvgIpc) is 3.33. The zero-order valence-electron chi connectivity index (χ0n) is 22.9. The van der Waals surface area contributed by atoms with Crippen molar-refractivity contribution in [2.45, 2.75) is 39.0 Å². The molecule has 0 aliphatic carbocycles. The van der Waals surface area contributed by atoms with E-state index in [0.717, 1.165) is 16.8 Å². The SMILES string of the molecule is CCO[C@H](c1cnc(C)cn1)[C@H](C)S(=O)(=O)Nc1ccc(-c2cncc(C)c2)n1-c1c(OC)cccc1OC. The summed E-state index contributed by atoms with van der Waals surface area (Å²) in [6, 6.07) is 10.9. The number of benzene rings is 1. The second-order valence-electron chi connectivity index (χ2n) is 9.01. The molecular weight excluding hydrogens is 518 g/mol. The summed E-state index contributed by atoms with van der Waals surface area (Å²) >= 11 is 0. The number of pyridine rings is 1. The van der Waals surface area contributed by atoms with Crippen molar-refractivity contribution in [1.29, 1.82) is 0 Å². The van der Waals surface area contributed by atoms with Gasteiger partial charge in [-0.25, -0.2) is 8.42 Å². The first-order chi connectivity index (χ1) is 18.7. The zero-order valence-corrected chi connectivity index (χ0v) is 23.7. The van der Waals surface area contributed by atoms with Gasteiger partial charge >= 0.3 is 0 Å². The molecule has 0 saturated carbocycles. The Morgan fingerprint density at radius 2 is 1.69 bits per heavy atom. The summed E-state index contributed by atoms with van der Waals surface area (Å²) in [6.07, 6.45) is 5.80. The van der Waals surface area contributed by atoms with Gasteiger partial charge in [0.05, 0.1) is 37.5 Å². The molecule has 0 unspecified atom stereocenters. The lowest BCUT2D eigenvalue weighted by atomic mass is 10.1. The lowest BCUT2D eigenvalue weighted by molar-refractivity contribution is 0.0588. The Morgan fingerprint density at radius 1 is 0.974 bits per heavy atom. The van der Waals surface area contributed by atoms with Crippen LogP contribution in [0.4, 0.5) is 5.82 Å². The second-order valence-corrected chi connectivity index (χ2v) is 11.0. The van der Waals surface area contributed by atoms with Crippen LogP contribution < -0.4 is 14.2 Å². The van der Waals surface area contributed by atoms with Crippen LogP contribution in [-0.2, 0) is 14.8 Å². The van der Waals surface area contributed by atoms with Gasteiger partial charge in [0.25, 0.3) is 0 Å². The van der Waals surface area contributed by atoms with Gasteiger partial charge in [-0.15, -0.1) is 0 Å². The van der Waals surface area contributed by atoms with E-state index in [1.54, 1.807) is 74.8 Å². The number of hydrogen-bond donors (Lipinski definition) is 1. The van der Waals surface area contributed by atoms with Crippen molar-refractivity contribution in [1.82, 2.24) is 19.5 Å². The van der Waals surface area contributed by atoms with Crippen molar-refractivity contribution in [3.8, 4) is 28.4 Å². The number of sulfonamides is 1. The van der Waals surface area contributed by atoms with Gasteiger partial charge in [-0.05, 0) is 63.6 Å². The topological polar surface area (TPSA) is 117 Å². The van der Waals surface area contributed by atoms with E-state index in [1.165, 1.54) is 0 Å². The molecule has 206 valence electrons. The molecule has 3 aromatic heterocycles. The van der Waals surface area contributed by atoms with Crippen LogP contribution in [0.15, 0.2) is 61.2 Å². The molecule has 10 nitrogen and oxygen atoms in total. The van der Waals surface area contributed by atoms with Gasteiger partial charge in [0, 0.05) is 30.8 Å². The van der Waals surface area contributed by atoms with E-state index < -0.39 is 21.4 Å². The molecule has 0 spiro atoms. The van der Waals surface area contributed by atoms with Crippen LogP contribution in [0.2, 0.25) is 0 Å². The Balaban J connectivity index is 1.84. The van der Waals surface area contributed by atoms with Crippen molar-refractivity contribution >= 4 is 15.8 Å². The summed E-state index contributed by atoms with van der Waals surface area (Å²) < 4.78 is 49.4. The number of ether oxygens (including phenoxy) is 3. The quantitative estimate of drug-likeness (QED) is 0.281. The van der Waals surface area contributed by atoms with Gasteiger partial charge < -0.3 is 14.2 Å². The van der Waals surface area contributed by atoms with Crippen molar-refractivity contribution in [3.63, 3.8) is 0 Å². The maximum Gasteiger partial charge on any atom is 0.239 e. The van der Waals surface area contributed by atoms with Gasteiger partial charge in [0.1, 0.15) is 34.4 Å². The molecule has 0 bridgehead atoms. The predicted octanol–water partition coefficient (Wildman–Crippen LogP) is 4.87. The molecule has 4 rings (SSSR count). The summed E-state index contributed by atoms with van der Waals surface area (Å²) in [5.41, 5.74) is 4.16. The largest absolute Gasteiger partial charge is 0.494 e. The number of methoxy groups -OCH3 is 2. The standard InChI is InChI=1S/C28H33N5O5S/c1-7-38-28(22-17-30-19(3)15-31-22)20(4)39(34,35)32-26-12-11-23(21-13-18(2)14-29-16-21)33(26)27-24(36-5)9-8-10-25(27)37-6/h8-17,20,28,32H,7H2,1-6H3/t20-,28-/m0/s1. The van der Waals surface area contributed by atoms with Crippen LogP contribution >= 0.6 is 0 Å². The fraction of sp³-hybridized carbons (Fsp3) is 0.321. The molecule has 4 aromatic rings. The highest BCUT2D eigenvalue weighted by atomic mass is 32.2. The van der Waals surface area contributed by atoms with E-state index in [9.17, 15) is 8.42 Å². The molecule has 0 saturated heterocycles. The first-order valence-electron chi connectivity index (χ1n) is 12.5. The van der Waals surface area contributed by atoms with Crippen LogP contribution in [0.25, 0.3) is 16.9 Å². The third-order valence-electron chi connectivity index (χ3n) is 6.28. The Morgan fingerprint density at radius 3 is 2.28 bits per heavy atom. The monoisotopic (exact) mass is 551 g/mol. The Bertz CT molecular complexity index is 1510. The van der Waals surface area contributed by atoms with E-state index >= 15 is 0 Å². The smallest absolute Gasteiger partial charge is 0.239 e. The lowest BCUT2D eigenvalue weighted by Gasteiger charge is -2.25. The van der Waals surface area contributed by atoms with Crippen LogP contribution in [0, 0.1) is 13.8 Å². The highest BCUT2D eigenvalue weighted by Gasteiger charge is 2.34. The molecule has 0 aliphatic heterocycles. The van der Waals surface area contributed by atoms with Gasteiger partial charge in [-0.2, -0.15) is 0 Å².